The minimum atomic E-state index is -4.75. The van der Waals surface area contributed by atoms with E-state index in [-0.39, 0.29) is 25.9 Å². The molecule has 0 aliphatic rings. The van der Waals surface area contributed by atoms with Crippen molar-refractivity contribution < 1.29 is 52.2 Å². The Hall–Kier alpha value is -2.56. The molecule has 0 saturated heterocycles. The van der Waals surface area contributed by atoms with Gasteiger partial charge in [0.1, 0.15) is 12.7 Å². The first-order valence-electron chi connectivity index (χ1n) is 29.5. The summed E-state index contributed by atoms with van der Waals surface area (Å²) in [6.45, 7) is 4.54. The van der Waals surface area contributed by atoms with E-state index < -0.39 is 57.8 Å². The van der Waals surface area contributed by atoms with Gasteiger partial charge in [-0.2, -0.15) is 0 Å². The average molecular weight is 1040 g/mol. The minimum Gasteiger partial charge on any atom is -0.462 e. The summed E-state index contributed by atoms with van der Waals surface area (Å²) < 4.78 is 39.5. The highest BCUT2D eigenvalue weighted by Crippen LogP contribution is 2.43. The Kier molecular flexibility index (Phi) is 52.7. The molecule has 3 atom stereocenters. The van der Waals surface area contributed by atoms with Crippen LogP contribution in [0.3, 0.4) is 0 Å². The molecule has 3 unspecified atom stereocenters. The van der Waals surface area contributed by atoms with Crippen LogP contribution in [-0.4, -0.2) is 66.5 Å². The summed E-state index contributed by atoms with van der Waals surface area (Å²) in [6, 6.07) is 0. The van der Waals surface area contributed by atoms with Gasteiger partial charge in [0, 0.05) is 19.3 Å². The number of rotatable bonds is 55. The van der Waals surface area contributed by atoms with Crippen LogP contribution in [0.5, 0.6) is 0 Å². The summed E-state index contributed by atoms with van der Waals surface area (Å²) in [7, 11) is -4.75. The fraction of sp³-hybridized carbons (Fsp3) is 0.817. The molecule has 72 heavy (non-hydrogen) atoms. The molecule has 0 bridgehead atoms. The van der Waals surface area contributed by atoms with Gasteiger partial charge < -0.3 is 24.2 Å². The van der Waals surface area contributed by atoms with E-state index in [1.807, 2.05) is 0 Å². The van der Waals surface area contributed by atoms with Gasteiger partial charge in [-0.1, -0.05) is 249 Å². The van der Waals surface area contributed by atoms with Crippen LogP contribution in [0.1, 0.15) is 278 Å². The van der Waals surface area contributed by atoms with Gasteiger partial charge in [-0.05, 0) is 57.8 Å². The van der Waals surface area contributed by atoms with Crippen LogP contribution in [0.2, 0.25) is 0 Å². The Labute approximate surface area is 441 Å². The van der Waals surface area contributed by atoms with E-state index in [1.54, 1.807) is 0 Å². The molecule has 420 valence electrons. The summed E-state index contributed by atoms with van der Waals surface area (Å²) in [5.74, 6) is -1.48. The number of aliphatic hydroxyl groups excluding tert-OH is 1. The maximum atomic E-state index is 12.9. The van der Waals surface area contributed by atoms with Gasteiger partial charge in [0.05, 0.1) is 19.8 Å². The third-order valence-corrected chi connectivity index (χ3v) is 13.7. The molecule has 2 N–H and O–H groups in total. The maximum absolute atomic E-state index is 12.9. The molecule has 0 fully saturated rings. The van der Waals surface area contributed by atoms with Gasteiger partial charge in [-0.3, -0.25) is 23.4 Å². The van der Waals surface area contributed by atoms with Gasteiger partial charge >= 0.3 is 25.7 Å². The van der Waals surface area contributed by atoms with E-state index in [4.69, 9.17) is 23.3 Å². The third-order valence-electron chi connectivity index (χ3n) is 12.8. The molecular weight excluding hydrogens is 928 g/mol. The summed E-state index contributed by atoms with van der Waals surface area (Å²) in [5, 5.41) is 9.82. The number of aliphatic hydroxyl groups is 1. The van der Waals surface area contributed by atoms with Gasteiger partial charge in [0.15, 0.2) is 6.10 Å². The van der Waals surface area contributed by atoms with Crippen molar-refractivity contribution >= 4 is 25.7 Å². The van der Waals surface area contributed by atoms with E-state index >= 15 is 0 Å². The molecule has 0 heterocycles. The molecule has 0 aliphatic heterocycles. The van der Waals surface area contributed by atoms with E-state index in [2.05, 4.69) is 69.4 Å². The van der Waals surface area contributed by atoms with E-state index in [0.29, 0.717) is 19.3 Å². The second-order valence-corrected chi connectivity index (χ2v) is 21.2. The number of hydrogen-bond acceptors (Lipinski definition) is 10. The standard InChI is InChI=1S/C60H109O11P/c1-4-7-10-13-16-19-22-24-26-28-30-32-35-38-41-44-47-50-59(63)70-56(52-61)54-68-72(65,66)69-55-57(53-67-58(62)49-46-43-40-37-34-21-18-15-12-9-6-3)71-60(64)51-48-45-42-39-36-33-31-29-27-25-23-20-17-14-11-8-5-2/h8,11,17,20,25,27,31,33,56-57,61H,4-7,9-10,12-16,18-19,21-24,26,28-30,32,34-55H2,1-3H3,(H,65,66)/b11-8-,20-17-,27-25-,33-31-. The number of carbonyl (C=O) groups excluding carboxylic acids is 3. The molecule has 0 aromatic carbocycles. The van der Waals surface area contributed by atoms with E-state index in [9.17, 15) is 28.9 Å². The van der Waals surface area contributed by atoms with Crippen LogP contribution in [0.4, 0.5) is 0 Å². The quantitative estimate of drug-likeness (QED) is 0.0197. The van der Waals surface area contributed by atoms with Crippen molar-refractivity contribution in [3.05, 3.63) is 48.6 Å². The molecular formula is C60H109O11P. The molecule has 0 aromatic heterocycles. The van der Waals surface area contributed by atoms with Crippen LogP contribution < -0.4 is 0 Å². The fourth-order valence-corrected chi connectivity index (χ4v) is 9.07. The summed E-state index contributed by atoms with van der Waals surface area (Å²) in [5.41, 5.74) is 0. The molecule has 0 amide bonds. The molecule has 0 spiro atoms. The van der Waals surface area contributed by atoms with Crippen molar-refractivity contribution in [1.82, 2.24) is 0 Å². The third kappa shape index (κ3) is 52.3. The summed E-state index contributed by atoms with van der Waals surface area (Å²) in [4.78, 5) is 48.5. The number of carbonyl (C=O) groups is 3. The highest BCUT2D eigenvalue weighted by Gasteiger charge is 2.28. The van der Waals surface area contributed by atoms with Gasteiger partial charge in [0.2, 0.25) is 0 Å². The number of esters is 3. The zero-order chi connectivity index (χ0) is 52.7. The van der Waals surface area contributed by atoms with Crippen molar-refractivity contribution in [2.45, 2.75) is 290 Å². The highest BCUT2D eigenvalue weighted by atomic mass is 31.2. The minimum absolute atomic E-state index is 0.142. The van der Waals surface area contributed by atoms with Crippen LogP contribution in [-0.2, 0) is 42.2 Å². The van der Waals surface area contributed by atoms with Crippen molar-refractivity contribution in [3.8, 4) is 0 Å². The molecule has 11 nitrogen and oxygen atoms in total. The summed E-state index contributed by atoms with van der Waals surface area (Å²) in [6.07, 6.45) is 57.8. The number of hydrogen-bond donors (Lipinski definition) is 2. The fourth-order valence-electron chi connectivity index (χ4n) is 8.29. The number of unbranched alkanes of at least 4 members (excludes halogenated alkanes) is 30. The lowest BCUT2D eigenvalue weighted by Crippen LogP contribution is -2.30. The predicted octanol–water partition coefficient (Wildman–Crippen LogP) is 17.4. The van der Waals surface area contributed by atoms with Crippen molar-refractivity contribution in [2.75, 3.05) is 26.4 Å². The topological polar surface area (TPSA) is 155 Å². The Morgan fingerprint density at radius 1 is 0.403 bits per heavy atom. The Balaban J connectivity index is 4.66. The number of phosphoric ester groups is 1. The Bertz CT molecular complexity index is 1400. The van der Waals surface area contributed by atoms with Crippen LogP contribution in [0.25, 0.3) is 0 Å². The second kappa shape index (κ2) is 54.7. The predicted molar refractivity (Wildman–Crippen MR) is 298 cm³/mol. The van der Waals surface area contributed by atoms with Crippen molar-refractivity contribution in [3.63, 3.8) is 0 Å². The maximum Gasteiger partial charge on any atom is 0.472 e. The first-order chi connectivity index (χ1) is 35.2. The summed E-state index contributed by atoms with van der Waals surface area (Å²) >= 11 is 0. The second-order valence-electron chi connectivity index (χ2n) is 19.8. The number of phosphoric acid groups is 1. The Morgan fingerprint density at radius 3 is 1.11 bits per heavy atom. The smallest absolute Gasteiger partial charge is 0.462 e. The van der Waals surface area contributed by atoms with Gasteiger partial charge in [-0.25, -0.2) is 4.57 Å². The highest BCUT2D eigenvalue weighted by molar-refractivity contribution is 7.47. The number of allylic oxidation sites excluding steroid dienone is 8. The van der Waals surface area contributed by atoms with Gasteiger partial charge in [0.25, 0.3) is 0 Å². The lowest BCUT2D eigenvalue weighted by Gasteiger charge is -2.21. The monoisotopic (exact) mass is 1040 g/mol. The normalized spacial score (nSPS) is 13.7. The molecule has 0 radical (unpaired) electrons. The molecule has 0 saturated carbocycles. The zero-order valence-corrected chi connectivity index (χ0v) is 47.3. The van der Waals surface area contributed by atoms with E-state index in [1.165, 1.54) is 128 Å². The van der Waals surface area contributed by atoms with Crippen molar-refractivity contribution in [2.24, 2.45) is 0 Å². The number of ether oxygens (including phenoxy) is 3. The molecule has 0 rings (SSSR count). The Morgan fingerprint density at radius 2 is 0.722 bits per heavy atom. The molecule has 12 heteroatoms. The van der Waals surface area contributed by atoms with Gasteiger partial charge in [-0.15, -0.1) is 0 Å². The molecule has 0 aliphatic carbocycles. The first-order valence-corrected chi connectivity index (χ1v) is 31.0. The van der Waals surface area contributed by atoms with E-state index in [0.717, 1.165) is 89.9 Å². The lowest BCUT2D eigenvalue weighted by molar-refractivity contribution is -0.161. The largest absolute Gasteiger partial charge is 0.472 e. The zero-order valence-electron chi connectivity index (χ0n) is 46.4. The lowest BCUT2D eigenvalue weighted by atomic mass is 10.0. The van der Waals surface area contributed by atoms with Crippen LogP contribution >= 0.6 is 7.82 Å². The SMILES string of the molecule is CC/C=C\C/C=C\C/C=C\C/C=C\CCCCCCC(=O)OC(COC(=O)CCCCCCCCCCCCC)COP(=O)(O)OCC(CO)OC(=O)CCCCCCCCCCCCCCCCCCC. The average Bonchev–Trinajstić information content (AvgIpc) is 3.37. The first kappa shape index (κ1) is 69.4. The molecule has 0 aromatic rings. The van der Waals surface area contributed by atoms with Crippen molar-refractivity contribution in [1.29, 1.82) is 0 Å². The van der Waals surface area contributed by atoms with Crippen LogP contribution in [0, 0.1) is 0 Å². The van der Waals surface area contributed by atoms with Crippen LogP contribution in [0.15, 0.2) is 48.6 Å².